The summed E-state index contributed by atoms with van der Waals surface area (Å²) in [6.45, 7) is 2.02. The lowest BCUT2D eigenvalue weighted by atomic mass is 9.78. The summed E-state index contributed by atoms with van der Waals surface area (Å²) in [6, 6.07) is 7.03. The third-order valence-electron chi connectivity index (χ3n) is 6.81. The Morgan fingerprint density at radius 2 is 1.43 bits per heavy atom. The fourth-order valence-electron chi connectivity index (χ4n) is 5.24. The summed E-state index contributed by atoms with van der Waals surface area (Å²) in [5.74, 6) is 0.712. The highest BCUT2D eigenvalue weighted by atomic mass is 32.2. The Balaban J connectivity index is 1.50. The van der Waals surface area contributed by atoms with Crippen molar-refractivity contribution in [3.63, 3.8) is 0 Å². The van der Waals surface area contributed by atoms with Crippen molar-refractivity contribution < 1.29 is 13.2 Å². The smallest absolute Gasteiger partial charge is 0.254 e. The lowest BCUT2D eigenvalue weighted by molar-refractivity contribution is 0.0390. The Hall–Kier alpha value is -1.40. The van der Waals surface area contributed by atoms with Crippen LogP contribution in [0.5, 0.6) is 0 Å². The van der Waals surface area contributed by atoms with E-state index in [9.17, 15) is 13.2 Å². The van der Waals surface area contributed by atoms with E-state index >= 15 is 0 Å². The number of hydrogen-bond acceptors (Lipinski definition) is 3. The topological polar surface area (TPSA) is 57.7 Å². The summed E-state index contributed by atoms with van der Waals surface area (Å²) in [5.41, 5.74) is 0.612. The number of amides is 1. The molecule has 2 saturated heterocycles. The largest absolute Gasteiger partial charge is 0.335 e. The predicted octanol–water partition coefficient (Wildman–Crippen LogP) is 4.05. The van der Waals surface area contributed by atoms with E-state index in [1.54, 1.807) is 28.6 Å². The second-order valence-corrected chi connectivity index (χ2v) is 10.5. The Kier molecular flexibility index (Phi) is 6.07. The van der Waals surface area contributed by atoms with Crippen molar-refractivity contribution in [3.8, 4) is 0 Å². The average molecular weight is 405 g/mol. The zero-order chi connectivity index (χ0) is 19.6. The number of piperidine rings is 1. The van der Waals surface area contributed by atoms with Crippen LogP contribution in [0.1, 0.15) is 74.6 Å². The average Bonchev–Trinajstić information content (AvgIpc) is 3.03. The molecule has 0 spiro atoms. The van der Waals surface area contributed by atoms with Gasteiger partial charge in [-0.25, -0.2) is 8.42 Å². The van der Waals surface area contributed by atoms with Crippen molar-refractivity contribution in [2.45, 2.75) is 75.1 Å². The van der Waals surface area contributed by atoms with Crippen molar-refractivity contribution in [3.05, 3.63) is 29.8 Å². The zero-order valence-corrected chi connectivity index (χ0v) is 17.5. The van der Waals surface area contributed by atoms with Gasteiger partial charge in [0.15, 0.2) is 0 Å². The van der Waals surface area contributed by atoms with Crippen LogP contribution in [0.2, 0.25) is 0 Å². The highest BCUT2D eigenvalue weighted by Gasteiger charge is 2.36. The van der Waals surface area contributed by atoms with Gasteiger partial charge in [-0.15, -0.1) is 0 Å². The monoisotopic (exact) mass is 404 g/mol. The van der Waals surface area contributed by atoms with E-state index in [0.29, 0.717) is 35.5 Å². The molecule has 1 amide bonds. The van der Waals surface area contributed by atoms with Crippen LogP contribution >= 0.6 is 0 Å². The molecule has 0 radical (unpaired) electrons. The molecule has 2 heterocycles. The minimum absolute atomic E-state index is 0.0651. The molecule has 1 aromatic rings. The Morgan fingerprint density at radius 1 is 0.786 bits per heavy atom. The molecular weight excluding hydrogens is 372 g/mol. The molecule has 0 unspecified atom stereocenters. The minimum atomic E-state index is -3.46. The Labute approximate surface area is 169 Å². The van der Waals surface area contributed by atoms with Gasteiger partial charge in [-0.05, 0) is 68.7 Å². The van der Waals surface area contributed by atoms with Gasteiger partial charge in [-0.2, -0.15) is 4.31 Å². The van der Waals surface area contributed by atoms with Crippen molar-refractivity contribution >= 4 is 15.9 Å². The van der Waals surface area contributed by atoms with Gasteiger partial charge in [0.1, 0.15) is 0 Å². The Bertz CT molecular complexity index is 781. The molecule has 3 fully saturated rings. The number of benzene rings is 1. The van der Waals surface area contributed by atoms with Crippen molar-refractivity contribution in [1.82, 2.24) is 9.21 Å². The van der Waals surface area contributed by atoms with E-state index in [2.05, 4.69) is 4.90 Å². The number of carbonyl (C=O) groups is 1. The van der Waals surface area contributed by atoms with Crippen LogP contribution in [-0.4, -0.2) is 49.2 Å². The fourth-order valence-corrected chi connectivity index (χ4v) is 6.76. The maximum absolute atomic E-state index is 13.1. The number of rotatable bonds is 3. The lowest BCUT2D eigenvalue weighted by Crippen LogP contribution is -2.49. The summed E-state index contributed by atoms with van der Waals surface area (Å²) in [6.07, 6.45) is 11.2. The minimum Gasteiger partial charge on any atom is -0.335 e. The second-order valence-electron chi connectivity index (χ2n) is 8.60. The van der Waals surface area contributed by atoms with Crippen LogP contribution in [0.3, 0.4) is 0 Å². The van der Waals surface area contributed by atoms with Gasteiger partial charge in [0, 0.05) is 31.2 Å². The predicted molar refractivity (Wildman–Crippen MR) is 110 cm³/mol. The van der Waals surface area contributed by atoms with E-state index < -0.39 is 10.0 Å². The first-order valence-electron chi connectivity index (χ1n) is 11.0. The molecule has 1 saturated carbocycles. The van der Waals surface area contributed by atoms with E-state index in [-0.39, 0.29) is 5.91 Å². The number of hydrogen-bond donors (Lipinski definition) is 0. The summed E-state index contributed by atoms with van der Waals surface area (Å²) in [4.78, 5) is 15.5. The number of carbonyl (C=O) groups excluding carboxylic acids is 1. The van der Waals surface area contributed by atoms with Crippen LogP contribution in [-0.2, 0) is 10.0 Å². The number of nitrogens with zero attached hydrogens (tertiary/aromatic N) is 2. The summed E-state index contributed by atoms with van der Waals surface area (Å²) < 4.78 is 27.5. The SMILES string of the molecule is O=C(c1ccc(S(=O)(=O)N2CCCCCC2)cc1)N1CCC[C@H]2CCCC[C@@H]21. The van der Waals surface area contributed by atoms with Crippen LogP contribution in [0, 0.1) is 5.92 Å². The van der Waals surface area contributed by atoms with Gasteiger partial charge < -0.3 is 4.90 Å². The van der Waals surface area contributed by atoms with Crippen LogP contribution in [0.25, 0.3) is 0 Å². The molecule has 154 valence electrons. The molecule has 0 N–H and O–H groups in total. The maximum atomic E-state index is 13.1. The van der Waals surface area contributed by atoms with Crippen molar-refractivity contribution in [2.75, 3.05) is 19.6 Å². The van der Waals surface area contributed by atoms with Gasteiger partial charge in [0.25, 0.3) is 5.91 Å². The van der Waals surface area contributed by atoms with E-state index in [4.69, 9.17) is 0 Å². The Morgan fingerprint density at radius 3 is 2.14 bits per heavy atom. The van der Waals surface area contributed by atoms with Gasteiger partial charge in [-0.1, -0.05) is 25.7 Å². The molecule has 5 nitrogen and oxygen atoms in total. The molecule has 4 rings (SSSR count). The molecule has 6 heteroatoms. The number of likely N-dealkylation sites (tertiary alicyclic amines) is 1. The number of sulfonamides is 1. The lowest BCUT2D eigenvalue weighted by Gasteiger charge is -2.44. The summed E-state index contributed by atoms with van der Waals surface area (Å²) in [5, 5.41) is 0. The van der Waals surface area contributed by atoms with Crippen molar-refractivity contribution in [1.29, 1.82) is 0 Å². The van der Waals surface area contributed by atoms with Gasteiger partial charge in [0.2, 0.25) is 10.0 Å². The van der Waals surface area contributed by atoms with Crippen molar-refractivity contribution in [2.24, 2.45) is 5.92 Å². The number of fused-ring (bicyclic) bond motifs is 1. The van der Waals surface area contributed by atoms with Gasteiger partial charge >= 0.3 is 0 Å². The normalized spacial score (nSPS) is 27.1. The molecule has 0 bridgehead atoms. The zero-order valence-electron chi connectivity index (χ0n) is 16.7. The van der Waals surface area contributed by atoms with Crippen LogP contribution in [0.4, 0.5) is 0 Å². The second kappa shape index (κ2) is 8.54. The fraction of sp³-hybridized carbons (Fsp3) is 0.682. The van der Waals surface area contributed by atoms with Crippen LogP contribution in [0.15, 0.2) is 29.2 Å². The molecule has 3 aliphatic rings. The van der Waals surface area contributed by atoms with Gasteiger partial charge in [-0.3, -0.25) is 4.79 Å². The standard InChI is InChI=1S/C22H32N2O3S/c25-22(24-17-7-9-18-8-3-4-10-21(18)24)19-11-13-20(14-12-19)28(26,27)23-15-5-1-2-6-16-23/h11-14,18,21H,1-10,15-17H2/t18-,21+/m1/s1. The van der Waals surface area contributed by atoms with Gasteiger partial charge in [0.05, 0.1) is 4.90 Å². The molecule has 0 aromatic heterocycles. The van der Waals surface area contributed by atoms with E-state index in [1.807, 2.05) is 0 Å². The van der Waals surface area contributed by atoms with E-state index in [0.717, 1.165) is 45.1 Å². The first kappa shape index (κ1) is 19.9. The third-order valence-corrected chi connectivity index (χ3v) is 8.72. The highest BCUT2D eigenvalue weighted by Crippen LogP contribution is 2.36. The summed E-state index contributed by atoms with van der Waals surface area (Å²) in [7, 11) is -3.46. The molecule has 1 aromatic carbocycles. The highest BCUT2D eigenvalue weighted by molar-refractivity contribution is 7.89. The molecular formula is C22H32N2O3S. The third kappa shape index (κ3) is 3.99. The first-order chi connectivity index (χ1) is 13.6. The molecule has 1 aliphatic carbocycles. The summed E-state index contributed by atoms with van der Waals surface area (Å²) >= 11 is 0. The quantitative estimate of drug-likeness (QED) is 0.764. The van der Waals surface area contributed by atoms with Crippen LogP contribution < -0.4 is 0 Å². The molecule has 2 aliphatic heterocycles. The molecule has 2 atom stereocenters. The first-order valence-corrected chi connectivity index (χ1v) is 12.4. The molecule has 28 heavy (non-hydrogen) atoms. The maximum Gasteiger partial charge on any atom is 0.254 e. The van der Waals surface area contributed by atoms with E-state index in [1.165, 1.54) is 25.7 Å².